The van der Waals surface area contributed by atoms with Gasteiger partial charge in [-0.25, -0.2) is 0 Å². The molecule has 1 fully saturated rings. The minimum absolute atomic E-state index is 1.03. The van der Waals surface area contributed by atoms with Gasteiger partial charge in [-0.1, -0.05) is 24.6 Å². The van der Waals surface area contributed by atoms with Gasteiger partial charge in [-0.3, -0.25) is 0 Å². The number of nitrogens with one attached hydrogen (secondary N) is 1. The third-order valence-electron chi connectivity index (χ3n) is 4.77. The lowest BCUT2D eigenvalue weighted by Gasteiger charge is -2.26. The van der Waals surface area contributed by atoms with Crippen molar-refractivity contribution in [3.05, 3.63) is 34.9 Å². The predicted molar refractivity (Wildman–Crippen MR) is 85.1 cm³/mol. The minimum atomic E-state index is 1.03. The molecule has 0 spiro atoms. The second kappa shape index (κ2) is 7.24. The first-order valence-corrected chi connectivity index (χ1v) is 8.45. The Morgan fingerprint density at radius 3 is 2.70 bits per heavy atom. The molecule has 0 amide bonds. The van der Waals surface area contributed by atoms with E-state index in [1.807, 2.05) is 0 Å². The van der Waals surface area contributed by atoms with Crippen LogP contribution in [0, 0.1) is 0 Å². The van der Waals surface area contributed by atoms with Gasteiger partial charge in [-0.2, -0.15) is 0 Å². The highest BCUT2D eigenvalue weighted by Gasteiger charge is 2.11. The Kier molecular flexibility index (Phi) is 5.10. The Morgan fingerprint density at radius 2 is 1.80 bits per heavy atom. The number of hydrogen-bond acceptors (Lipinski definition) is 2. The SMILES string of the molecule is c1cc2c(cc1CNCCCN1CCCCC1)CCC2. The average molecular weight is 272 g/mol. The Hall–Kier alpha value is -0.860. The van der Waals surface area contributed by atoms with E-state index in [0.717, 1.165) is 13.1 Å². The first-order valence-electron chi connectivity index (χ1n) is 8.45. The largest absolute Gasteiger partial charge is 0.313 e. The van der Waals surface area contributed by atoms with Crippen LogP contribution in [0.5, 0.6) is 0 Å². The van der Waals surface area contributed by atoms with Gasteiger partial charge in [0.2, 0.25) is 0 Å². The average Bonchev–Trinajstić information content (AvgIpc) is 2.95. The van der Waals surface area contributed by atoms with Gasteiger partial charge in [0.1, 0.15) is 0 Å². The van der Waals surface area contributed by atoms with Crippen molar-refractivity contribution in [1.82, 2.24) is 10.2 Å². The zero-order valence-electron chi connectivity index (χ0n) is 12.7. The Bertz CT molecular complexity index is 421. The second-order valence-corrected chi connectivity index (χ2v) is 6.39. The molecule has 2 aliphatic rings. The second-order valence-electron chi connectivity index (χ2n) is 6.39. The molecule has 20 heavy (non-hydrogen) atoms. The summed E-state index contributed by atoms with van der Waals surface area (Å²) in [6.07, 6.45) is 9.46. The molecule has 0 radical (unpaired) electrons. The van der Waals surface area contributed by atoms with E-state index in [1.54, 1.807) is 11.1 Å². The number of nitrogens with zero attached hydrogens (tertiary/aromatic N) is 1. The lowest BCUT2D eigenvalue weighted by Crippen LogP contribution is -2.32. The van der Waals surface area contributed by atoms with E-state index in [1.165, 1.54) is 70.1 Å². The molecule has 2 heteroatoms. The molecule has 1 N–H and O–H groups in total. The Morgan fingerprint density at radius 1 is 0.950 bits per heavy atom. The molecule has 110 valence electrons. The first-order chi connectivity index (χ1) is 9.92. The molecule has 1 aromatic carbocycles. The van der Waals surface area contributed by atoms with Crippen LogP contribution in [0.15, 0.2) is 18.2 Å². The molecule has 3 rings (SSSR count). The number of likely N-dealkylation sites (tertiary alicyclic amines) is 1. The summed E-state index contributed by atoms with van der Waals surface area (Å²) in [6.45, 7) is 6.10. The summed E-state index contributed by atoms with van der Waals surface area (Å²) >= 11 is 0. The lowest BCUT2D eigenvalue weighted by molar-refractivity contribution is 0.225. The summed E-state index contributed by atoms with van der Waals surface area (Å²) in [7, 11) is 0. The van der Waals surface area contributed by atoms with Crippen LogP contribution in [0.4, 0.5) is 0 Å². The molecule has 1 saturated heterocycles. The molecule has 0 bridgehead atoms. The third-order valence-corrected chi connectivity index (χ3v) is 4.77. The zero-order valence-corrected chi connectivity index (χ0v) is 12.7. The van der Waals surface area contributed by atoms with Crippen molar-refractivity contribution >= 4 is 0 Å². The van der Waals surface area contributed by atoms with Crippen LogP contribution in [-0.4, -0.2) is 31.1 Å². The Labute approximate surface area is 123 Å². The number of aryl methyl sites for hydroxylation is 2. The molecule has 0 saturated carbocycles. The fourth-order valence-electron chi connectivity index (χ4n) is 3.58. The molecule has 1 aliphatic heterocycles. The maximum absolute atomic E-state index is 3.61. The summed E-state index contributed by atoms with van der Waals surface area (Å²) in [5.74, 6) is 0. The van der Waals surface area contributed by atoms with E-state index in [0.29, 0.717) is 0 Å². The van der Waals surface area contributed by atoms with Crippen molar-refractivity contribution in [2.24, 2.45) is 0 Å². The first kappa shape index (κ1) is 14.1. The van der Waals surface area contributed by atoms with Crippen molar-refractivity contribution in [3.63, 3.8) is 0 Å². The highest BCUT2D eigenvalue weighted by molar-refractivity contribution is 5.35. The van der Waals surface area contributed by atoms with E-state index >= 15 is 0 Å². The zero-order chi connectivity index (χ0) is 13.6. The number of rotatable bonds is 6. The standard InChI is InChI=1S/C18H28N2/c1-2-11-20(12-3-1)13-5-10-19-15-16-8-9-17-6-4-7-18(17)14-16/h8-9,14,19H,1-7,10-13,15H2. The smallest absolute Gasteiger partial charge is 0.0205 e. The molecule has 0 unspecified atom stereocenters. The summed E-state index contributed by atoms with van der Waals surface area (Å²) in [5, 5.41) is 3.61. The number of fused-ring (bicyclic) bond motifs is 1. The predicted octanol–water partition coefficient (Wildman–Crippen LogP) is 3.14. The highest BCUT2D eigenvalue weighted by atomic mass is 15.1. The van der Waals surface area contributed by atoms with Crippen LogP contribution in [0.2, 0.25) is 0 Å². The summed E-state index contributed by atoms with van der Waals surface area (Å²) < 4.78 is 0. The maximum Gasteiger partial charge on any atom is 0.0205 e. The summed E-state index contributed by atoms with van der Waals surface area (Å²) in [4.78, 5) is 2.63. The van der Waals surface area contributed by atoms with Crippen molar-refractivity contribution < 1.29 is 0 Å². The highest BCUT2D eigenvalue weighted by Crippen LogP contribution is 2.22. The summed E-state index contributed by atoms with van der Waals surface area (Å²) in [6, 6.07) is 7.06. The van der Waals surface area contributed by atoms with Crippen molar-refractivity contribution in [2.75, 3.05) is 26.2 Å². The quantitative estimate of drug-likeness (QED) is 0.800. The van der Waals surface area contributed by atoms with Crippen molar-refractivity contribution in [2.45, 2.75) is 51.5 Å². The van der Waals surface area contributed by atoms with E-state index in [9.17, 15) is 0 Å². The van der Waals surface area contributed by atoms with Gasteiger partial charge in [-0.15, -0.1) is 0 Å². The van der Waals surface area contributed by atoms with Crippen LogP contribution < -0.4 is 5.32 Å². The normalized spacial score (nSPS) is 19.2. The van der Waals surface area contributed by atoms with Gasteiger partial charge < -0.3 is 10.2 Å². The van der Waals surface area contributed by atoms with Crippen LogP contribution in [0.25, 0.3) is 0 Å². The molecule has 2 nitrogen and oxygen atoms in total. The fourth-order valence-corrected chi connectivity index (χ4v) is 3.58. The number of hydrogen-bond donors (Lipinski definition) is 1. The number of benzene rings is 1. The topological polar surface area (TPSA) is 15.3 Å². The van der Waals surface area contributed by atoms with E-state index < -0.39 is 0 Å². The molecule has 1 aromatic rings. The molecule has 1 heterocycles. The third kappa shape index (κ3) is 3.83. The number of piperidine rings is 1. The van der Waals surface area contributed by atoms with Gasteiger partial charge in [0.25, 0.3) is 0 Å². The van der Waals surface area contributed by atoms with Gasteiger partial charge in [0.15, 0.2) is 0 Å². The van der Waals surface area contributed by atoms with Gasteiger partial charge in [0, 0.05) is 6.54 Å². The lowest BCUT2D eigenvalue weighted by atomic mass is 10.1. The molecular formula is C18H28N2. The summed E-state index contributed by atoms with van der Waals surface area (Å²) in [5.41, 5.74) is 4.64. The van der Waals surface area contributed by atoms with Gasteiger partial charge in [0.05, 0.1) is 0 Å². The minimum Gasteiger partial charge on any atom is -0.313 e. The van der Waals surface area contributed by atoms with Crippen LogP contribution in [-0.2, 0) is 19.4 Å². The molecule has 0 atom stereocenters. The van der Waals surface area contributed by atoms with E-state index in [2.05, 4.69) is 28.4 Å². The van der Waals surface area contributed by atoms with E-state index in [-0.39, 0.29) is 0 Å². The van der Waals surface area contributed by atoms with E-state index in [4.69, 9.17) is 0 Å². The maximum atomic E-state index is 3.61. The molecular weight excluding hydrogens is 244 g/mol. The van der Waals surface area contributed by atoms with Crippen molar-refractivity contribution in [3.8, 4) is 0 Å². The molecule has 1 aliphatic carbocycles. The van der Waals surface area contributed by atoms with Crippen LogP contribution >= 0.6 is 0 Å². The van der Waals surface area contributed by atoms with Crippen molar-refractivity contribution in [1.29, 1.82) is 0 Å². The monoisotopic (exact) mass is 272 g/mol. The molecule has 0 aromatic heterocycles. The van der Waals surface area contributed by atoms with Crippen LogP contribution in [0.3, 0.4) is 0 Å². The Balaban J connectivity index is 1.33. The van der Waals surface area contributed by atoms with Gasteiger partial charge in [-0.05, 0) is 81.4 Å². The van der Waals surface area contributed by atoms with Gasteiger partial charge >= 0.3 is 0 Å². The fraction of sp³-hybridized carbons (Fsp3) is 0.667. The van der Waals surface area contributed by atoms with Crippen LogP contribution in [0.1, 0.15) is 48.8 Å².